The Labute approximate surface area is 190 Å². The lowest BCUT2D eigenvalue weighted by atomic mass is 9.98. The van der Waals surface area contributed by atoms with Crippen LogP contribution in [0.25, 0.3) is 11.1 Å². The minimum atomic E-state index is -3.28. The molecule has 6 heteroatoms. The van der Waals surface area contributed by atoms with Crippen molar-refractivity contribution in [2.24, 2.45) is 0 Å². The van der Waals surface area contributed by atoms with E-state index in [-0.39, 0.29) is 10.8 Å². The van der Waals surface area contributed by atoms with Crippen molar-refractivity contribution in [2.45, 2.75) is 30.8 Å². The Morgan fingerprint density at radius 3 is 2.22 bits per heavy atom. The van der Waals surface area contributed by atoms with Gasteiger partial charge in [-0.3, -0.25) is 9.69 Å². The van der Waals surface area contributed by atoms with Crippen LogP contribution in [0.2, 0.25) is 0 Å². The van der Waals surface area contributed by atoms with Crippen molar-refractivity contribution in [3.05, 3.63) is 89.5 Å². The second-order valence-electron chi connectivity index (χ2n) is 8.32. The zero-order chi connectivity index (χ0) is 22.6. The van der Waals surface area contributed by atoms with Crippen molar-refractivity contribution in [1.29, 1.82) is 0 Å². The Kier molecular flexibility index (Phi) is 6.72. The molecule has 0 atom stereocenters. The average Bonchev–Trinajstić information content (AvgIpc) is 3.31. The van der Waals surface area contributed by atoms with Gasteiger partial charge in [-0.1, -0.05) is 48.5 Å². The maximum Gasteiger partial charge on any atom is 0.251 e. The first-order valence-electron chi connectivity index (χ1n) is 10.9. The number of nitrogens with one attached hydrogen (secondary N) is 1. The summed E-state index contributed by atoms with van der Waals surface area (Å²) >= 11 is 0. The van der Waals surface area contributed by atoms with Gasteiger partial charge in [-0.15, -0.1) is 0 Å². The van der Waals surface area contributed by atoms with E-state index < -0.39 is 9.84 Å². The quantitative estimate of drug-likeness (QED) is 0.586. The highest BCUT2D eigenvalue weighted by Crippen LogP contribution is 2.25. The molecule has 0 radical (unpaired) electrons. The number of likely N-dealkylation sites (tertiary alicyclic amines) is 1. The maximum absolute atomic E-state index is 12.6. The molecule has 1 amide bonds. The van der Waals surface area contributed by atoms with E-state index in [0.717, 1.165) is 29.5 Å². The second kappa shape index (κ2) is 9.67. The van der Waals surface area contributed by atoms with E-state index in [4.69, 9.17) is 0 Å². The molecule has 1 heterocycles. The summed E-state index contributed by atoms with van der Waals surface area (Å²) in [5.41, 5.74) is 4.99. The third-order valence-electron chi connectivity index (χ3n) is 5.87. The number of hydrogen-bond acceptors (Lipinski definition) is 4. The molecule has 1 aliphatic rings. The van der Waals surface area contributed by atoms with Crippen LogP contribution in [0.1, 0.15) is 34.3 Å². The number of hydrogen-bond donors (Lipinski definition) is 1. The van der Waals surface area contributed by atoms with Crippen LogP contribution in [-0.4, -0.2) is 38.6 Å². The highest BCUT2D eigenvalue weighted by molar-refractivity contribution is 7.90. The first-order chi connectivity index (χ1) is 15.4. The second-order valence-corrected chi connectivity index (χ2v) is 10.3. The molecular weight excluding hydrogens is 420 g/mol. The number of sulfone groups is 1. The van der Waals surface area contributed by atoms with Gasteiger partial charge in [0.15, 0.2) is 9.84 Å². The average molecular weight is 449 g/mol. The monoisotopic (exact) mass is 448 g/mol. The third kappa shape index (κ3) is 5.44. The minimum absolute atomic E-state index is 0.201. The van der Waals surface area contributed by atoms with Crippen LogP contribution in [0.4, 0.5) is 0 Å². The molecule has 0 spiro atoms. The van der Waals surface area contributed by atoms with E-state index in [1.165, 1.54) is 55.8 Å². The zero-order valence-electron chi connectivity index (χ0n) is 18.3. The van der Waals surface area contributed by atoms with E-state index in [1.54, 1.807) is 0 Å². The smallest absolute Gasteiger partial charge is 0.251 e. The van der Waals surface area contributed by atoms with Crippen LogP contribution in [0.5, 0.6) is 0 Å². The van der Waals surface area contributed by atoms with Gasteiger partial charge < -0.3 is 5.32 Å². The molecule has 1 saturated heterocycles. The Morgan fingerprint density at radius 2 is 1.56 bits per heavy atom. The normalized spacial score (nSPS) is 14.4. The van der Waals surface area contributed by atoms with Gasteiger partial charge >= 0.3 is 0 Å². The topological polar surface area (TPSA) is 66.5 Å². The van der Waals surface area contributed by atoms with Crippen molar-refractivity contribution in [3.8, 4) is 11.1 Å². The van der Waals surface area contributed by atoms with Gasteiger partial charge in [0.05, 0.1) is 4.90 Å². The highest BCUT2D eigenvalue weighted by Gasteiger charge is 2.13. The molecular formula is C26H28N2O3S. The molecule has 32 heavy (non-hydrogen) atoms. The number of rotatable bonds is 7. The van der Waals surface area contributed by atoms with E-state index in [2.05, 4.69) is 40.5 Å². The standard InChI is InChI=1S/C26H28N2O3S/c1-32(30,31)24-14-12-22(13-15-24)26(29)27-18-23-6-2-3-7-25(23)21-10-8-20(9-11-21)19-28-16-4-5-17-28/h2-3,6-15H,4-5,16-19H2,1H3,(H,27,29). The number of carbonyl (C=O) groups is 1. The highest BCUT2D eigenvalue weighted by atomic mass is 32.2. The first-order valence-corrected chi connectivity index (χ1v) is 12.8. The molecule has 1 N–H and O–H groups in total. The minimum Gasteiger partial charge on any atom is -0.348 e. The predicted octanol–water partition coefficient (Wildman–Crippen LogP) is 4.28. The molecule has 1 fully saturated rings. The summed E-state index contributed by atoms with van der Waals surface area (Å²) in [6.45, 7) is 3.75. The van der Waals surface area contributed by atoms with Crippen molar-refractivity contribution in [2.75, 3.05) is 19.3 Å². The van der Waals surface area contributed by atoms with Crippen LogP contribution in [0.15, 0.2) is 77.7 Å². The lowest BCUT2D eigenvalue weighted by Crippen LogP contribution is -2.23. The van der Waals surface area contributed by atoms with Crippen LogP contribution in [0.3, 0.4) is 0 Å². The first kappa shape index (κ1) is 22.2. The fourth-order valence-corrected chi connectivity index (χ4v) is 4.71. The van der Waals surface area contributed by atoms with Gasteiger partial charge in [0.1, 0.15) is 0 Å². The molecule has 1 aliphatic heterocycles. The van der Waals surface area contributed by atoms with E-state index in [1.807, 2.05) is 18.2 Å². The van der Waals surface area contributed by atoms with Crippen molar-refractivity contribution >= 4 is 15.7 Å². The molecule has 0 bridgehead atoms. The molecule has 4 rings (SSSR count). The summed E-state index contributed by atoms with van der Waals surface area (Å²) in [6.07, 6.45) is 3.73. The largest absolute Gasteiger partial charge is 0.348 e. The summed E-state index contributed by atoms with van der Waals surface area (Å²) in [4.78, 5) is 15.3. The van der Waals surface area contributed by atoms with Gasteiger partial charge in [-0.2, -0.15) is 0 Å². The fourth-order valence-electron chi connectivity index (χ4n) is 4.08. The number of benzene rings is 3. The molecule has 3 aromatic rings. The lowest BCUT2D eigenvalue weighted by molar-refractivity contribution is 0.0951. The van der Waals surface area contributed by atoms with Gasteiger partial charge in [0, 0.05) is 24.9 Å². The van der Waals surface area contributed by atoms with Crippen LogP contribution >= 0.6 is 0 Å². The molecule has 5 nitrogen and oxygen atoms in total. The Morgan fingerprint density at radius 1 is 0.906 bits per heavy atom. The van der Waals surface area contributed by atoms with Crippen LogP contribution in [-0.2, 0) is 22.9 Å². The van der Waals surface area contributed by atoms with Crippen LogP contribution in [0, 0.1) is 0 Å². The number of nitrogens with zero attached hydrogens (tertiary/aromatic N) is 1. The van der Waals surface area contributed by atoms with Crippen LogP contribution < -0.4 is 5.32 Å². The molecule has 0 unspecified atom stereocenters. The summed E-state index contributed by atoms with van der Waals surface area (Å²) in [7, 11) is -3.28. The SMILES string of the molecule is CS(=O)(=O)c1ccc(C(=O)NCc2ccccc2-c2ccc(CN3CCCC3)cc2)cc1. The zero-order valence-corrected chi connectivity index (χ0v) is 19.1. The summed E-state index contributed by atoms with van der Waals surface area (Å²) in [5.74, 6) is -0.235. The Bertz CT molecular complexity index is 1180. The maximum atomic E-state index is 12.6. The molecule has 0 saturated carbocycles. The summed E-state index contributed by atoms with van der Waals surface area (Å²) in [6, 6.07) is 22.7. The van der Waals surface area contributed by atoms with Gasteiger partial charge in [0.2, 0.25) is 0 Å². The van der Waals surface area contributed by atoms with E-state index in [0.29, 0.717) is 12.1 Å². The van der Waals surface area contributed by atoms with Gasteiger partial charge in [0.25, 0.3) is 5.91 Å². The molecule has 166 valence electrons. The van der Waals surface area contributed by atoms with E-state index >= 15 is 0 Å². The van der Waals surface area contributed by atoms with Crippen molar-refractivity contribution < 1.29 is 13.2 Å². The predicted molar refractivity (Wildman–Crippen MR) is 127 cm³/mol. The van der Waals surface area contributed by atoms with E-state index in [9.17, 15) is 13.2 Å². The summed E-state index contributed by atoms with van der Waals surface area (Å²) in [5, 5.41) is 2.95. The lowest BCUT2D eigenvalue weighted by Gasteiger charge is -2.15. The molecule has 0 aromatic heterocycles. The Balaban J connectivity index is 1.43. The van der Waals surface area contributed by atoms with Gasteiger partial charge in [-0.25, -0.2) is 8.42 Å². The van der Waals surface area contributed by atoms with Crippen molar-refractivity contribution in [1.82, 2.24) is 10.2 Å². The third-order valence-corrected chi connectivity index (χ3v) is 7.00. The molecule has 0 aliphatic carbocycles. The number of amides is 1. The van der Waals surface area contributed by atoms with Crippen molar-refractivity contribution in [3.63, 3.8) is 0 Å². The molecule has 3 aromatic carbocycles. The fraction of sp³-hybridized carbons (Fsp3) is 0.269. The Hall–Kier alpha value is -2.96. The van der Waals surface area contributed by atoms with Gasteiger partial charge in [-0.05, 0) is 72.5 Å². The number of carbonyl (C=O) groups excluding carboxylic acids is 1. The summed E-state index contributed by atoms with van der Waals surface area (Å²) < 4.78 is 23.2.